The van der Waals surface area contributed by atoms with Gasteiger partial charge in [-0.1, -0.05) is 6.42 Å². The van der Waals surface area contributed by atoms with Crippen LogP contribution in [0.5, 0.6) is 0 Å². The van der Waals surface area contributed by atoms with Crippen molar-refractivity contribution in [3.8, 4) is 0 Å². The Kier molecular flexibility index (Phi) is 4.68. The Labute approximate surface area is 102 Å². The van der Waals surface area contributed by atoms with Gasteiger partial charge in [-0.2, -0.15) is 0 Å². The van der Waals surface area contributed by atoms with Gasteiger partial charge in [0.1, 0.15) is 6.10 Å². The molecule has 0 spiro atoms. The lowest BCUT2D eigenvalue weighted by atomic mass is 9.83. The number of nitrogens with zero attached hydrogens (tertiary/aromatic N) is 1. The van der Waals surface area contributed by atoms with Gasteiger partial charge < -0.3 is 9.64 Å². The smallest absolute Gasteiger partial charge is 0.404 e. The Bertz CT molecular complexity index is 223. The fourth-order valence-electron chi connectivity index (χ4n) is 2.79. The number of ether oxygens (including phenoxy) is 1. The lowest BCUT2D eigenvalue weighted by molar-refractivity contribution is -0.0133. The number of halogens is 2. The Hall–Kier alpha value is 0.01000. The average molecular weight is 254 g/mol. The highest BCUT2D eigenvalue weighted by Gasteiger charge is 2.37. The second kappa shape index (κ2) is 5.37. The molecule has 2 rings (SSSR count). The molecule has 0 radical (unpaired) electrons. The molecule has 2 bridgehead atoms. The van der Waals surface area contributed by atoms with Crippen LogP contribution in [0.25, 0.3) is 0 Å². The maximum Gasteiger partial charge on any atom is 0.404 e. The highest BCUT2D eigenvalue weighted by molar-refractivity contribution is 6.61. The topological polar surface area (TPSA) is 29.5 Å². The standard InChI is InChI=1S/C10H16ClNO2.ClH/c1-12-7-3-2-4-8(12)6-9(5-7)14-10(11)13;/h7-9H,2-6H2,1H3;1H/t7-,8+,9?;. The second-order valence-corrected chi connectivity index (χ2v) is 4.66. The van der Waals surface area contributed by atoms with Crippen LogP contribution in [0.4, 0.5) is 4.79 Å². The van der Waals surface area contributed by atoms with E-state index in [1.54, 1.807) is 0 Å². The van der Waals surface area contributed by atoms with Crippen LogP contribution in [-0.2, 0) is 4.74 Å². The van der Waals surface area contributed by atoms with Gasteiger partial charge >= 0.3 is 5.43 Å². The third-order valence-corrected chi connectivity index (χ3v) is 3.64. The summed E-state index contributed by atoms with van der Waals surface area (Å²) >= 11 is 5.23. The van der Waals surface area contributed by atoms with E-state index in [2.05, 4.69) is 11.9 Å². The third-order valence-electron chi connectivity index (χ3n) is 3.56. The molecular weight excluding hydrogens is 237 g/mol. The van der Waals surface area contributed by atoms with Gasteiger partial charge in [-0.25, -0.2) is 4.79 Å². The van der Waals surface area contributed by atoms with Crippen LogP contribution in [0.15, 0.2) is 0 Å². The maximum absolute atomic E-state index is 10.6. The first kappa shape index (κ1) is 13.1. The van der Waals surface area contributed by atoms with Gasteiger partial charge in [-0.15, -0.1) is 12.4 Å². The fourth-order valence-corrected chi connectivity index (χ4v) is 2.92. The van der Waals surface area contributed by atoms with Crippen LogP contribution in [0.3, 0.4) is 0 Å². The minimum absolute atomic E-state index is 0. The van der Waals surface area contributed by atoms with Crippen molar-refractivity contribution in [3.63, 3.8) is 0 Å². The third kappa shape index (κ3) is 2.99. The SMILES string of the molecule is CN1[C@@H]2CCC[C@H]1CC(OC(=O)Cl)C2.Cl. The molecule has 0 aliphatic carbocycles. The minimum Gasteiger partial charge on any atom is -0.450 e. The summed E-state index contributed by atoms with van der Waals surface area (Å²) < 4.78 is 5.08. The largest absolute Gasteiger partial charge is 0.450 e. The van der Waals surface area contributed by atoms with E-state index in [0.29, 0.717) is 12.1 Å². The van der Waals surface area contributed by atoms with E-state index in [1.165, 1.54) is 19.3 Å². The molecule has 0 aromatic carbocycles. The van der Waals surface area contributed by atoms with Gasteiger partial charge in [-0.3, -0.25) is 0 Å². The zero-order chi connectivity index (χ0) is 10.1. The van der Waals surface area contributed by atoms with E-state index in [4.69, 9.17) is 16.3 Å². The lowest BCUT2D eigenvalue weighted by Crippen LogP contribution is -2.51. The summed E-state index contributed by atoms with van der Waals surface area (Å²) in [5.41, 5.74) is -0.655. The van der Waals surface area contributed by atoms with Crippen molar-refractivity contribution in [1.82, 2.24) is 4.90 Å². The summed E-state index contributed by atoms with van der Waals surface area (Å²) in [6.45, 7) is 0. The number of fused-ring (bicyclic) bond motifs is 2. The number of piperidine rings is 2. The van der Waals surface area contributed by atoms with Crippen LogP contribution in [0.2, 0.25) is 0 Å². The summed E-state index contributed by atoms with van der Waals surface area (Å²) in [5, 5.41) is 0. The highest BCUT2D eigenvalue weighted by Crippen LogP contribution is 2.33. The zero-order valence-corrected chi connectivity index (χ0v) is 10.4. The first-order valence-electron chi connectivity index (χ1n) is 5.25. The van der Waals surface area contributed by atoms with Crippen molar-refractivity contribution in [1.29, 1.82) is 0 Å². The number of carbonyl (C=O) groups is 1. The Morgan fingerprint density at radius 2 is 1.87 bits per heavy atom. The quantitative estimate of drug-likeness (QED) is 0.674. The molecule has 15 heavy (non-hydrogen) atoms. The molecule has 0 saturated carbocycles. The minimum atomic E-state index is -0.655. The summed E-state index contributed by atoms with van der Waals surface area (Å²) in [5.74, 6) is 0. The number of hydrogen-bond acceptors (Lipinski definition) is 3. The molecule has 5 heteroatoms. The van der Waals surface area contributed by atoms with E-state index < -0.39 is 5.43 Å². The molecule has 0 aromatic heterocycles. The summed E-state index contributed by atoms with van der Waals surface area (Å²) in [6.07, 6.45) is 5.71. The Morgan fingerprint density at radius 3 is 2.33 bits per heavy atom. The second-order valence-electron chi connectivity index (χ2n) is 4.35. The predicted octanol–water partition coefficient (Wildman–Crippen LogP) is 2.80. The molecule has 0 N–H and O–H groups in total. The summed E-state index contributed by atoms with van der Waals surface area (Å²) in [6, 6.07) is 1.17. The zero-order valence-electron chi connectivity index (χ0n) is 8.82. The van der Waals surface area contributed by atoms with E-state index >= 15 is 0 Å². The van der Waals surface area contributed by atoms with E-state index in [0.717, 1.165) is 12.8 Å². The van der Waals surface area contributed by atoms with Crippen molar-refractivity contribution < 1.29 is 9.53 Å². The first-order chi connectivity index (χ1) is 6.66. The van der Waals surface area contributed by atoms with Crippen molar-refractivity contribution in [2.24, 2.45) is 0 Å². The van der Waals surface area contributed by atoms with Crippen LogP contribution in [0.1, 0.15) is 32.1 Å². The summed E-state index contributed by atoms with van der Waals surface area (Å²) in [4.78, 5) is 13.1. The highest BCUT2D eigenvalue weighted by atomic mass is 35.5. The number of rotatable bonds is 1. The van der Waals surface area contributed by atoms with E-state index in [-0.39, 0.29) is 18.5 Å². The summed E-state index contributed by atoms with van der Waals surface area (Å²) in [7, 11) is 2.17. The van der Waals surface area contributed by atoms with Crippen LogP contribution < -0.4 is 0 Å². The van der Waals surface area contributed by atoms with Crippen molar-refractivity contribution >= 4 is 29.4 Å². The molecule has 0 aromatic rings. The molecule has 2 heterocycles. The van der Waals surface area contributed by atoms with Gasteiger partial charge in [0.05, 0.1) is 0 Å². The molecule has 2 saturated heterocycles. The molecule has 2 aliphatic heterocycles. The fraction of sp³-hybridized carbons (Fsp3) is 0.900. The van der Waals surface area contributed by atoms with Crippen molar-refractivity contribution in [2.75, 3.05) is 7.05 Å². The average Bonchev–Trinajstić information content (AvgIpc) is 2.05. The van der Waals surface area contributed by atoms with Crippen LogP contribution in [-0.4, -0.2) is 35.6 Å². The number of hydrogen-bond donors (Lipinski definition) is 0. The molecule has 0 amide bonds. The lowest BCUT2D eigenvalue weighted by Gasteiger charge is -2.46. The number of carbonyl (C=O) groups excluding carboxylic acids is 1. The van der Waals surface area contributed by atoms with Crippen LogP contribution in [0, 0.1) is 0 Å². The predicted molar refractivity (Wildman–Crippen MR) is 61.8 cm³/mol. The molecule has 1 unspecified atom stereocenters. The molecule has 3 nitrogen and oxygen atoms in total. The van der Waals surface area contributed by atoms with E-state index in [9.17, 15) is 4.79 Å². The first-order valence-corrected chi connectivity index (χ1v) is 5.62. The van der Waals surface area contributed by atoms with Gasteiger partial charge in [-0.05, 0) is 19.9 Å². The van der Waals surface area contributed by atoms with Gasteiger partial charge in [0.2, 0.25) is 0 Å². The monoisotopic (exact) mass is 253 g/mol. The van der Waals surface area contributed by atoms with Gasteiger partial charge in [0.15, 0.2) is 0 Å². The maximum atomic E-state index is 10.6. The van der Waals surface area contributed by atoms with Gasteiger partial charge in [0.25, 0.3) is 0 Å². The van der Waals surface area contributed by atoms with Crippen molar-refractivity contribution in [2.45, 2.75) is 50.3 Å². The van der Waals surface area contributed by atoms with E-state index in [1.807, 2.05) is 0 Å². The molecular formula is C10H17Cl2NO2. The van der Waals surface area contributed by atoms with Crippen LogP contribution >= 0.6 is 24.0 Å². The Morgan fingerprint density at radius 1 is 1.33 bits per heavy atom. The van der Waals surface area contributed by atoms with Crippen molar-refractivity contribution in [3.05, 3.63) is 0 Å². The Balaban J connectivity index is 0.00000112. The molecule has 2 fully saturated rings. The molecule has 3 atom stereocenters. The normalized spacial score (nSPS) is 35.5. The van der Waals surface area contributed by atoms with Gasteiger partial charge in [0, 0.05) is 36.5 Å². The molecule has 88 valence electrons. The molecule has 2 aliphatic rings.